The van der Waals surface area contributed by atoms with Gasteiger partial charge in [-0.3, -0.25) is 4.79 Å². The number of methoxy groups -OCH3 is 1. The molecule has 1 unspecified atom stereocenters. The molecule has 0 fully saturated rings. The van der Waals surface area contributed by atoms with E-state index in [-0.39, 0.29) is 12.0 Å². The first-order valence-electron chi connectivity index (χ1n) is 6.42. The molecule has 0 saturated carbocycles. The Kier molecular flexibility index (Phi) is 5.14. The van der Waals surface area contributed by atoms with Crippen LogP contribution in [-0.2, 0) is 16.0 Å². The monoisotopic (exact) mass is 310 g/mol. The first-order chi connectivity index (χ1) is 9.58. The maximum Gasteiger partial charge on any atom is 0.305 e. The molecule has 4 nitrogen and oxygen atoms in total. The number of hydrogen-bond donors (Lipinski definition) is 1. The lowest BCUT2D eigenvalue weighted by atomic mass is 10.2. The molecule has 0 aliphatic carbocycles. The molecule has 0 aliphatic rings. The number of esters is 1. The van der Waals surface area contributed by atoms with Gasteiger partial charge in [-0.1, -0.05) is 0 Å². The first kappa shape index (κ1) is 15.0. The van der Waals surface area contributed by atoms with Crippen LogP contribution in [0.5, 0.6) is 0 Å². The van der Waals surface area contributed by atoms with Crippen LogP contribution in [-0.4, -0.2) is 18.1 Å². The Hall–Kier alpha value is -1.40. The van der Waals surface area contributed by atoms with Crippen LogP contribution in [0.1, 0.15) is 34.8 Å². The van der Waals surface area contributed by atoms with Gasteiger partial charge in [0.15, 0.2) is 5.13 Å². The van der Waals surface area contributed by atoms with Crippen molar-refractivity contribution < 1.29 is 9.53 Å². The Morgan fingerprint density at radius 3 is 2.95 bits per heavy atom. The summed E-state index contributed by atoms with van der Waals surface area (Å²) in [7, 11) is 1.40. The number of carbonyl (C=O) groups is 1. The largest absolute Gasteiger partial charge is 0.469 e. The minimum Gasteiger partial charge on any atom is -0.469 e. The third-order valence-corrected chi connectivity index (χ3v) is 4.90. The molecule has 0 bridgehead atoms. The van der Waals surface area contributed by atoms with Crippen LogP contribution in [0.2, 0.25) is 0 Å². The molecular weight excluding hydrogens is 292 g/mol. The van der Waals surface area contributed by atoms with Crippen molar-refractivity contribution in [3.63, 3.8) is 0 Å². The zero-order chi connectivity index (χ0) is 14.5. The SMILES string of the molecule is COC(=O)CCc1csc(NC(C)c2ccc(C)s2)n1. The van der Waals surface area contributed by atoms with Gasteiger partial charge in [0.1, 0.15) is 0 Å². The highest BCUT2D eigenvalue weighted by Crippen LogP contribution is 2.27. The molecule has 2 aromatic rings. The molecule has 0 spiro atoms. The number of nitrogens with zero attached hydrogens (tertiary/aromatic N) is 1. The summed E-state index contributed by atoms with van der Waals surface area (Å²) in [5.74, 6) is -0.199. The lowest BCUT2D eigenvalue weighted by Crippen LogP contribution is -2.05. The van der Waals surface area contributed by atoms with E-state index < -0.39 is 0 Å². The van der Waals surface area contributed by atoms with Gasteiger partial charge in [-0.15, -0.1) is 22.7 Å². The molecule has 1 N–H and O–H groups in total. The quantitative estimate of drug-likeness (QED) is 0.825. The number of aromatic nitrogens is 1. The van der Waals surface area contributed by atoms with E-state index in [1.54, 1.807) is 22.7 Å². The molecule has 0 amide bonds. The van der Waals surface area contributed by atoms with Gasteiger partial charge in [0.05, 0.1) is 25.3 Å². The van der Waals surface area contributed by atoms with Gasteiger partial charge in [-0.2, -0.15) is 0 Å². The molecule has 6 heteroatoms. The van der Waals surface area contributed by atoms with Gasteiger partial charge in [0, 0.05) is 21.6 Å². The van der Waals surface area contributed by atoms with Crippen molar-refractivity contribution in [1.29, 1.82) is 0 Å². The Morgan fingerprint density at radius 2 is 2.30 bits per heavy atom. The number of thiophene rings is 1. The third kappa shape index (κ3) is 4.05. The average Bonchev–Trinajstić information content (AvgIpc) is 3.05. The molecule has 108 valence electrons. The second-order valence-corrected chi connectivity index (χ2v) is 6.71. The minimum atomic E-state index is -0.199. The maximum atomic E-state index is 11.1. The van der Waals surface area contributed by atoms with Crippen LogP contribution in [0, 0.1) is 6.92 Å². The molecule has 0 radical (unpaired) electrons. The standard InChI is InChI=1S/C14H18N2O2S2/c1-9-4-6-12(20-9)10(2)15-14-16-11(8-19-14)5-7-13(17)18-3/h4,6,8,10H,5,7H2,1-3H3,(H,15,16). The topological polar surface area (TPSA) is 51.2 Å². The van der Waals surface area contributed by atoms with E-state index in [9.17, 15) is 4.79 Å². The number of aryl methyl sites for hydroxylation is 2. The summed E-state index contributed by atoms with van der Waals surface area (Å²) in [5, 5.41) is 6.27. The zero-order valence-corrected chi connectivity index (χ0v) is 13.4. The number of anilines is 1. The van der Waals surface area contributed by atoms with E-state index in [0.717, 1.165) is 10.8 Å². The minimum absolute atomic E-state index is 0.199. The summed E-state index contributed by atoms with van der Waals surface area (Å²) in [5.41, 5.74) is 0.928. The van der Waals surface area contributed by atoms with Crippen LogP contribution in [0.4, 0.5) is 5.13 Å². The Morgan fingerprint density at radius 1 is 1.50 bits per heavy atom. The van der Waals surface area contributed by atoms with E-state index in [1.165, 1.54) is 16.9 Å². The van der Waals surface area contributed by atoms with E-state index in [0.29, 0.717) is 12.8 Å². The molecule has 20 heavy (non-hydrogen) atoms. The van der Waals surface area contributed by atoms with Gasteiger partial charge in [-0.05, 0) is 26.0 Å². The smallest absolute Gasteiger partial charge is 0.305 e. The number of carbonyl (C=O) groups excluding carboxylic acids is 1. The lowest BCUT2D eigenvalue weighted by molar-refractivity contribution is -0.140. The molecule has 1 atom stereocenters. The first-order valence-corrected chi connectivity index (χ1v) is 8.12. The summed E-state index contributed by atoms with van der Waals surface area (Å²) in [6.07, 6.45) is 0.997. The van der Waals surface area contributed by atoms with E-state index in [1.807, 2.05) is 5.38 Å². The number of hydrogen-bond acceptors (Lipinski definition) is 6. The van der Waals surface area contributed by atoms with Crippen molar-refractivity contribution >= 4 is 33.8 Å². The number of rotatable bonds is 6. The van der Waals surface area contributed by atoms with Crippen molar-refractivity contribution in [3.05, 3.63) is 33.0 Å². The van der Waals surface area contributed by atoms with Crippen molar-refractivity contribution in [1.82, 2.24) is 4.98 Å². The average molecular weight is 310 g/mol. The zero-order valence-electron chi connectivity index (χ0n) is 11.8. The van der Waals surface area contributed by atoms with Gasteiger partial charge in [-0.25, -0.2) is 4.98 Å². The maximum absolute atomic E-state index is 11.1. The highest BCUT2D eigenvalue weighted by atomic mass is 32.1. The summed E-state index contributed by atoms with van der Waals surface area (Å²) in [4.78, 5) is 18.2. The van der Waals surface area contributed by atoms with Crippen molar-refractivity contribution in [3.8, 4) is 0 Å². The van der Waals surface area contributed by atoms with Crippen LogP contribution < -0.4 is 5.32 Å². The van der Waals surface area contributed by atoms with E-state index in [2.05, 4.69) is 41.0 Å². The van der Waals surface area contributed by atoms with Gasteiger partial charge in [0.2, 0.25) is 0 Å². The van der Waals surface area contributed by atoms with Gasteiger partial charge >= 0.3 is 5.97 Å². The molecule has 0 aliphatic heterocycles. The second kappa shape index (κ2) is 6.85. The van der Waals surface area contributed by atoms with Crippen molar-refractivity contribution in [2.24, 2.45) is 0 Å². The molecule has 2 rings (SSSR count). The normalized spacial score (nSPS) is 12.2. The molecular formula is C14H18N2O2S2. The Balaban J connectivity index is 1.90. The fraction of sp³-hybridized carbons (Fsp3) is 0.429. The van der Waals surface area contributed by atoms with E-state index in [4.69, 9.17) is 0 Å². The molecule has 2 heterocycles. The third-order valence-electron chi connectivity index (χ3n) is 2.89. The van der Waals surface area contributed by atoms with Crippen LogP contribution in [0.3, 0.4) is 0 Å². The van der Waals surface area contributed by atoms with Crippen LogP contribution >= 0.6 is 22.7 Å². The predicted octanol–water partition coefficient (Wildman–Crippen LogP) is 3.79. The summed E-state index contributed by atoms with van der Waals surface area (Å²) in [6.45, 7) is 4.23. The summed E-state index contributed by atoms with van der Waals surface area (Å²) < 4.78 is 4.63. The van der Waals surface area contributed by atoms with Gasteiger partial charge in [0.25, 0.3) is 0 Å². The fourth-order valence-electron chi connectivity index (χ4n) is 1.76. The second-order valence-electron chi connectivity index (χ2n) is 4.53. The summed E-state index contributed by atoms with van der Waals surface area (Å²) >= 11 is 3.36. The highest BCUT2D eigenvalue weighted by Gasteiger charge is 2.10. The summed E-state index contributed by atoms with van der Waals surface area (Å²) in [6, 6.07) is 4.51. The fourth-order valence-corrected chi connectivity index (χ4v) is 3.48. The predicted molar refractivity (Wildman–Crippen MR) is 83.5 cm³/mol. The van der Waals surface area contributed by atoms with Crippen molar-refractivity contribution in [2.75, 3.05) is 12.4 Å². The highest BCUT2D eigenvalue weighted by molar-refractivity contribution is 7.14. The van der Waals surface area contributed by atoms with Crippen LogP contribution in [0.15, 0.2) is 17.5 Å². The number of thiazole rings is 1. The Labute approximate surface area is 126 Å². The van der Waals surface area contributed by atoms with Crippen molar-refractivity contribution in [2.45, 2.75) is 32.7 Å². The van der Waals surface area contributed by atoms with Crippen LogP contribution in [0.25, 0.3) is 0 Å². The molecule has 2 aromatic heterocycles. The number of ether oxygens (including phenoxy) is 1. The van der Waals surface area contributed by atoms with E-state index >= 15 is 0 Å². The molecule has 0 saturated heterocycles. The molecule has 0 aromatic carbocycles. The number of nitrogens with one attached hydrogen (secondary N) is 1. The Bertz CT molecular complexity index is 577. The lowest BCUT2D eigenvalue weighted by Gasteiger charge is -2.10. The van der Waals surface area contributed by atoms with Gasteiger partial charge < -0.3 is 10.1 Å².